The summed E-state index contributed by atoms with van der Waals surface area (Å²) in [5.74, 6) is 1.12. The van der Waals surface area contributed by atoms with E-state index >= 15 is 0 Å². The molecule has 20 heavy (non-hydrogen) atoms. The standard InChI is InChI=1S/C14H18N4O2/c1-18-9-11(8-15)14(17-18)16-13(19)7-10-4-3-5-12(6-10)20-2/h3-6,9H,7-8,15H2,1-2H3,(H,16,17,19). The molecule has 0 radical (unpaired) electrons. The van der Waals surface area contributed by atoms with Crippen LogP contribution < -0.4 is 15.8 Å². The summed E-state index contributed by atoms with van der Waals surface area (Å²) in [7, 11) is 3.39. The number of aromatic nitrogens is 2. The van der Waals surface area contributed by atoms with Gasteiger partial charge in [0.05, 0.1) is 13.5 Å². The Labute approximate surface area is 117 Å². The Hall–Kier alpha value is -2.34. The number of amides is 1. The molecular weight excluding hydrogens is 256 g/mol. The van der Waals surface area contributed by atoms with Crippen LogP contribution in [-0.4, -0.2) is 22.8 Å². The van der Waals surface area contributed by atoms with Crippen molar-refractivity contribution < 1.29 is 9.53 Å². The molecule has 106 valence electrons. The highest BCUT2D eigenvalue weighted by molar-refractivity contribution is 5.92. The lowest BCUT2D eigenvalue weighted by atomic mass is 10.1. The molecular formula is C14H18N4O2. The number of hydrogen-bond acceptors (Lipinski definition) is 4. The lowest BCUT2D eigenvalue weighted by Crippen LogP contribution is -2.16. The van der Waals surface area contributed by atoms with Crippen molar-refractivity contribution in [2.24, 2.45) is 12.8 Å². The number of carbonyl (C=O) groups excluding carboxylic acids is 1. The first-order valence-corrected chi connectivity index (χ1v) is 6.27. The quantitative estimate of drug-likeness (QED) is 0.854. The van der Waals surface area contributed by atoms with Gasteiger partial charge >= 0.3 is 0 Å². The molecule has 0 bridgehead atoms. The van der Waals surface area contributed by atoms with Crippen LogP contribution in [0.4, 0.5) is 5.82 Å². The number of ether oxygens (including phenoxy) is 1. The third-order valence-electron chi connectivity index (χ3n) is 2.88. The van der Waals surface area contributed by atoms with Crippen molar-refractivity contribution >= 4 is 11.7 Å². The van der Waals surface area contributed by atoms with E-state index in [1.165, 1.54) is 0 Å². The minimum absolute atomic E-state index is 0.133. The summed E-state index contributed by atoms with van der Waals surface area (Å²) in [4.78, 5) is 12.0. The van der Waals surface area contributed by atoms with E-state index in [0.29, 0.717) is 12.4 Å². The molecule has 1 heterocycles. The highest BCUT2D eigenvalue weighted by atomic mass is 16.5. The van der Waals surface area contributed by atoms with E-state index in [0.717, 1.165) is 16.9 Å². The second kappa shape index (κ2) is 6.21. The first kappa shape index (κ1) is 14.1. The maximum Gasteiger partial charge on any atom is 0.230 e. The van der Waals surface area contributed by atoms with Gasteiger partial charge in [-0.15, -0.1) is 0 Å². The number of rotatable bonds is 5. The lowest BCUT2D eigenvalue weighted by Gasteiger charge is -2.05. The van der Waals surface area contributed by atoms with E-state index in [-0.39, 0.29) is 12.3 Å². The number of hydrogen-bond donors (Lipinski definition) is 2. The van der Waals surface area contributed by atoms with Crippen LogP contribution in [0.3, 0.4) is 0 Å². The maximum absolute atomic E-state index is 12.0. The Morgan fingerprint density at radius 2 is 2.30 bits per heavy atom. The van der Waals surface area contributed by atoms with Crippen molar-refractivity contribution in [3.05, 3.63) is 41.6 Å². The molecule has 0 aliphatic carbocycles. The number of benzene rings is 1. The van der Waals surface area contributed by atoms with Gasteiger partial charge in [-0.3, -0.25) is 9.48 Å². The molecule has 1 aromatic heterocycles. The molecule has 0 saturated heterocycles. The lowest BCUT2D eigenvalue weighted by molar-refractivity contribution is -0.115. The summed E-state index contributed by atoms with van der Waals surface area (Å²) in [6.07, 6.45) is 2.05. The van der Waals surface area contributed by atoms with Crippen LogP contribution in [0.1, 0.15) is 11.1 Å². The van der Waals surface area contributed by atoms with E-state index < -0.39 is 0 Å². The third-order valence-corrected chi connectivity index (χ3v) is 2.88. The predicted octanol–water partition coefficient (Wildman–Crippen LogP) is 1.07. The molecule has 3 N–H and O–H groups in total. The molecule has 2 rings (SSSR count). The molecule has 6 nitrogen and oxygen atoms in total. The van der Waals surface area contributed by atoms with Gasteiger partial charge in [-0.2, -0.15) is 5.10 Å². The van der Waals surface area contributed by atoms with Gasteiger partial charge in [-0.05, 0) is 17.7 Å². The highest BCUT2D eigenvalue weighted by Crippen LogP contribution is 2.15. The normalized spacial score (nSPS) is 10.3. The zero-order valence-electron chi connectivity index (χ0n) is 11.6. The van der Waals surface area contributed by atoms with Crippen molar-refractivity contribution in [2.45, 2.75) is 13.0 Å². The average molecular weight is 274 g/mol. The van der Waals surface area contributed by atoms with Crippen LogP contribution in [0, 0.1) is 0 Å². The van der Waals surface area contributed by atoms with E-state index in [1.54, 1.807) is 25.0 Å². The summed E-state index contributed by atoms with van der Waals surface area (Å²) in [5.41, 5.74) is 7.30. The molecule has 0 spiro atoms. The summed E-state index contributed by atoms with van der Waals surface area (Å²) >= 11 is 0. The van der Waals surface area contributed by atoms with Crippen LogP contribution >= 0.6 is 0 Å². The van der Waals surface area contributed by atoms with E-state index in [4.69, 9.17) is 10.5 Å². The Balaban J connectivity index is 2.04. The predicted molar refractivity (Wildman–Crippen MR) is 76.4 cm³/mol. The summed E-state index contributed by atoms with van der Waals surface area (Å²) in [5, 5.41) is 6.95. The molecule has 6 heteroatoms. The van der Waals surface area contributed by atoms with Gasteiger partial charge in [0.15, 0.2) is 5.82 Å². The molecule has 0 unspecified atom stereocenters. The van der Waals surface area contributed by atoms with Gasteiger partial charge in [-0.1, -0.05) is 12.1 Å². The SMILES string of the molecule is COc1cccc(CC(=O)Nc2nn(C)cc2CN)c1. The van der Waals surface area contributed by atoms with Crippen LogP contribution in [-0.2, 0) is 24.8 Å². The van der Waals surface area contributed by atoms with Gasteiger partial charge < -0.3 is 15.8 Å². The average Bonchev–Trinajstić information content (AvgIpc) is 2.78. The topological polar surface area (TPSA) is 82.2 Å². The van der Waals surface area contributed by atoms with Gasteiger partial charge in [0.25, 0.3) is 0 Å². The Bertz CT molecular complexity index is 607. The number of nitrogens with one attached hydrogen (secondary N) is 1. The molecule has 0 aliphatic rings. The van der Waals surface area contributed by atoms with E-state index in [1.807, 2.05) is 24.3 Å². The van der Waals surface area contributed by atoms with Crippen molar-refractivity contribution in [3.8, 4) is 5.75 Å². The fourth-order valence-electron chi connectivity index (χ4n) is 1.94. The minimum Gasteiger partial charge on any atom is -0.497 e. The number of nitrogens with zero attached hydrogens (tertiary/aromatic N) is 2. The van der Waals surface area contributed by atoms with Crippen molar-refractivity contribution in [2.75, 3.05) is 12.4 Å². The maximum atomic E-state index is 12.0. The van der Waals surface area contributed by atoms with Crippen LogP contribution in [0.25, 0.3) is 0 Å². The molecule has 1 aromatic carbocycles. The second-order valence-corrected chi connectivity index (χ2v) is 4.46. The number of methoxy groups -OCH3 is 1. The molecule has 0 fully saturated rings. The van der Waals surface area contributed by atoms with E-state index in [9.17, 15) is 4.79 Å². The number of nitrogens with two attached hydrogens (primary N) is 1. The summed E-state index contributed by atoms with van der Waals surface area (Å²) in [6, 6.07) is 7.41. The van der Waals surface area contributed by atoms with Crippen LogP contribution in [0.2, 0.25) is 0 Å². The molecule has 0 aliphatic heterocycles. The monoisotopic (exact) mass is 274 g/mol. The van der Waals surface area contributed by atoms with E-state index in [2.05, 4.69) is 10.4 Å². The fourth-order valence-corrected chi connectivity index (χ4v) is 1.94. The fraction of sp³-hybridized carbons (Fsp3) is 0.286. The molecule has 2 aromatic rings. The van der Waals surface area contributed by atoms with Crippen LogP contribution in [0.5, 0.6) is 5.75 Å². The summed E-state index contributed by atoms with van der Waals surface area (Å²) in [6.45, 7) is 0.336. The Kier molecular flexibility index (Phi) is 4.37. The Morgan fingerprint density at radius 3 is 3.00 bits per heavy atom. The smallest absolute Gasteiger partial charge is 0.230 e. The Morgan fingerprint density at radius 1 is 1.50 bits per heavy atom. The summed E-state index contributed by atoms with van der Waals surface area (Å²) < 4.78 is 6.76. The molecule has 1 amide bonds. The minimum atomic E-state index is -0.133. The number of aryl methyl sites for hydroxylation is 1. The number of carbonyl (C=O) groups is 1. The zero-order valence-corrected chi connectivity index (χ0v) is 11.6. The number of anilines is 1. The first-order valence-electron chi connectivity index (χ1n) is 6.27. The van der Waals surface area contributed by atoms with Gasteiger partial charge in [0.1, 0.15) is 5.75 Å². The van der Waals surface area contributed by atoms with Gasteiger partial charge in [0, 0.05) is 25.4 Å². The van der Waals surface area contributed by atoms with Crippen molar-refractivity contribution in [1.82, 2.24) is 9.78 Å². The first-order chi connectivity index (χ1) is 9.62. The highest BCUT2D eigenvalue weighted by Gasteiger charge is 2.11. The second-order valence-electron chi connectivity index (χ2n) is 4.46. The van der Waals surface area contributed by atoms with Crippen molar-refractivity contribution in [1.29, 1.82) is 0 Å². The largest absolute Gasteiger partial charge is 0.497 e. The van der Waals surface area contributed by atoms with Crippen LogP contribution in [0.15, 0.2) is 30.5 Å². The zero-order chi connectivity index (χ0) is 14.5. The van der Waals surface area contributed by atoms with Gasteiger partial charge in [-0.25, -0.2) is 0 Å². The van der Waals surface area contributed by atoms with Crippen molar-refractivity contribution in [3.63, 3.8) is 0 Å². The van der Waals surface area contributed by atoms with Gasteiger partial charge in [0.2, 0.25) is 5.91 Å². The molecule has 0 saturated carbocycles. The molecule has 0 atom stereocenters. The third kappa shape index (κ3) is 3.36.